The standard InChI is InChI=1S/C17H14BrFN2OS2/c1-21(9-14-5-6-15(18)24-14)16(22)8-13-10-23-17(20-13)11-3-2-4-12(19)7-11/h2-7,10H,8-9H2,1H3. The summed E-state index contributed by atoms with van der Waals surface area (Å²) in [6, 6.07) is 10.3. The number of hydrogen-bond donors (Lipinski definition) is 0. The van der Waals surface area contributed by atoms with Crippen molar-refractivity contribution < 1.29 is 9.18 Å². The summed E-state index contributed by atoms with van der Waals surface area (Å²) in [6.45, 7) is 0.579. The van der Waals surface area contributed by atoms with E-state index in [9.17, 15) is 9.18 Å². The first-order chi connectivity index (χ1) is 11.5. The van der Waals surface area contributed by atoms with Crippen molar-refractivity contribution in [1.29, 1.82) is 0 Å². The number of benzene rings is 1. The number of likely N-dealkylation sites (N-methyl/N-ethyl adjacent to an activating group) is 1. The second kappa shape index (κ2) is 7.55. The van der Waals surface area contributed by atoms with Crippen molar-refractivity contribution in [2.75, 3.05) is 7.05 Å². The van der Waals surface area contributed by atoms with Gasteiger partial charge in [0, 0.05) is 22.9 Å². The van der Waals surface area contributed by atoms with Gasteiger partial charge in [-0.1, -0.05) is 12.1 Å². The highest BCUT2D eigenvalue weighted by Crippen LogP contribution is 2.25. The Morgan fingerprint density at radius 1 is 1.33 bits per heavy atom. The zero-order chi connectivity index (χ0) is 17.1. The summed E-state index contributed by atoms with van der Waals surface area (Å²) in [5.41, 5.74) is 1.44. The molecule has 0 aliphatic rings. The Bertz CT molecular complexity index is 862. The van der Waals surface area contributed by atoms with E-state index in [1.165, 1.54) is 23.5 Å². The third-order valence-electron chi connectivity index (χ3n) is 3.40. The molecule has 0 N–H and O–H groups in total. The first-order valence-corrected chi connectivity index (χ1v) is 9.68. The van der Waals surface area contributed by atoms with Crippen LogP contribution < -0.4 is 0 Å². The van der Waals surface area contributed by atoms with Crippen LogP contribution in [0, 0.1) is 5.82 Å². The van der Waals surface area contributed by atoms with Crippen LogP contribution in [-0.4, -0.2) is 22.8 Å². The number of hydrogen-bond acceptors (Lipinski definition) is 4. The van der Waals surface area contributed by atoms with Gasteiger partial charge in [0.25, 0.3) is 0 Å². The lowest BCUT2D eigenvalue weighted by Crippen LogP contribution is -2.27. The average Bonchev–Trinajstić information content (AvgIpc) is 3.16. The van der Waals surface area contributed by atoms with Gasteiger partial charge in [0.05, 0.1) is 22.4 Å². The smallest absolute Gasteiger partial charge is 0.228 e. The van der Waals surface area contributed by atoms with Gasteiger partial charge >= 0.3 is 0 Å². The van der Waals surface area contributed by atoms with E-state index < -0.39 is 0 Å². The van der Waals surface area contributed by atoms with Gasteiger partial charge in [0.15, 0.2) is 0 Å². The molecule has 0 bridgehead atoms. The van der Waals surface area contributed by atoms with Crippen molar-refractivity contribution in [3.05, 3.63) is 62.0 Å². The highest BCUT2D eigenvalue weighted by Gasteiger charge is 2.14. The quantitative estimate of drug-likeness (QED) is 0.578. The van der Waals surface area contributed by atoms with Crippen LogP contribution in [0.5, 0.6) is 0 Å². The molecular weight excluding hydrogens is 411 g/mol. The topological polar surface area (TPSA) is 33.2 Å². The molecule has 0 atom stereocenters. The molecule has 24 heavy (non-hydrogen) atoms. The Morgan fingerprint density at radius 3 is 2.88 bits per heavy atom. The zero-order valence-corrected chi connectivity index (χ0v) is 16.0. The van der Waals surface area contributed by atoms with Crippen molar-refractivity contribution in [1.82, 2.24) is 9.88 Å². The van der Waals surface area contributed by atoms with E-state index >= 15 is 0 Å². The summed E-state index contributed by atoms with van der Waals surface area (Å²) in [4.78, 5) is 19.6. The molecule has 3 nitrogen and oxygen atoms in total. The molecule has 0 aliphatic carbocycles. The van der Waals surface area contributed by atoms with E-state index in [2.05, 4.69) is 20.9 Å². The maximum atomic E-state index is 13.3. The number of halogens is 2. The third-order valence-corrected chi connectivity index (χ3v) is 5.95. The molecule has 3 rings (SSSR count). The Labute approximate surface area is 155 Å². The monoisotopic (exact) mass is 424 g/mol. The fourth-order valence-corrected chi connectivity index (χ4v) is 4.54. The Morgan fingerprint density at radius 2 is 2.17 bits per heavy atom. The third kappa shape index (κ3) is 4.28. The van der Waals surface area contributed by atoms with E-state index in [4.69, 9.17) is 0 Å². The molecule has 0 unspecified atom stereocenters. The van der Waals surface area contributed by atoms with Crippen LogP contribution in [0.4, 0.5) is 4.39 Å². The first kappa shape index (κ1) is 17.3. The van der Waals surface area contributed by atoms with Gasteiger partial charge in [-0.25, -0.2) is 9.37 Å². The number of thiazole rings is 1. The van der Waals surface area contributed by atoms with Crippen molar-refractivity contribution >= 4 is 44.5 Å². The number of nitrogens with zero attached hydrogens (tertiary/aromatic N) is 2. The van der Waals surface area contributed by atoms with E-state index in [1.807, 2.05) is 23.6 Å². The van der Waals surface area contributed by atoms with Crippen molar-refractivity contribution in [3.8, 4) is 10.6 Å². The summed E-state index contributed by atoms with van der Waals surface area (Å²) in [7, 11) is 1.79. The van der Waals surface area contributed by atoms with Crippen LogP contribution in [0.3, 0.4) is 0 Å². The molecule has 0 saturated carbocycles. The number of carbonyl (C=O) groups excluding carboxylic acids is 1. The Balaban J connectivity index is 1.64. The Kier molecular flexibility index (Phi) is 5.43. The summed E-state index contributed by atoms with van der Waals surface area (Å²) in [5.74, 6) is -0.280. The lowest BCUT2D eigenvalue weighted by molar-refractivity contribution is -0.129. The van der Waals surface area contributed by atoms with Gasteiger partial charge in [-0.15, -0.1) is 22.7 Å². The molecular formula is C17H14BrFN2OS2. The fourth-order valence-electron chi connectivity index (χ4n) is 2.19. The van der Waals surface area contributed by atoms with Gasteiger partial charge in [0.1, 0.15) is 10.8 Å². The minimum absolute atomic E-state index is 0.00983. The van der Waals surface area contributed by atoms with Crippen LogP contribution in [0.15, 0.2) is 45.6 Å². The average molecular weight is 425 g/mol. The number of carbonyl (C=O) groups is 1. The number of rotatable bonds is 5. The molecule has 124 valence electrons. The van der Waals surface area contributed by atoms with E-state index in [0.717, 1.165) is 19.2 Å². The first-order valence-electron chi connectivity index (χ1n) is 7.20. The predicted octanol–water partition coefficient (Wildman–Crippen LogP) is 4.97. The zero-order valence-electron chi connectivity index (χ0n) is 12.8. The second-order valence-corrected chi connectivity index (χ2v) is 8.69. The highest BCUT2D eigenvalue weighted by molar-refractivity contribution is 9.11. The van der Waals surface area contributed by atoms with E-state index in [-0.39, 0.29) is 18.1 Å². The minimum atomic E-state index is -0.290. The molecule has 0 radical (unpaired) electrons. The highest BCUT2D eigenvalue weighted by atomic mass is 79.9. The second-order valence-electron chi connectivity index (χ2n) is 5.29. The molecule has 0 aliphatic heterocycles. The predicted molar refractivity (Wildman–Crippen MR) is 99.7 cm³/mol. The van der Waals surface area contributed by atoms with Crippen LogP contribution >= 0.6 is 38.6 Å². The van der Waals surface area contributed by atoms with Gasteiger partial charge in [-0.2, -0.15) is 0 Å². The molecule has 0 fully saturated rings. The van der Waals surface area contributed by atoms with Gasteiger partial charge in [0.2, 0.25) is 5.91 Å². The summed E-state index contributed by atoms with van der Waals surface area (Å²) >= 11 is 6.46. The number of amides is 1. The van der Waals surface area contributed by atoms with Crippen molar-refractivity contribution in [2.24, 2.45) is 0 Å². The molecule has 0 spiro atoms. The summed E-state index contributed by atoms with van der Waals surface area (Å²) in [6.07, 6.45) is 0.245. The minimum Gasteiger partial charge on any atom is -0.340 e. The van der Waals surface area contributed by atoms with Crippen LogP contribution in [0.25, 0.3) is 10.6 Å². The van der Waals surface area contributed by atoms with Crippen molar-refractivity contribution in [3.63, 3.8) is 0 Å². The van der Waals surface area contributed by atoms with Crippen LogP contribution in [0.1, 0.15) is 10.6 Å². The molecule has 2 heterocycles. The lowest BCUT2D eigenvalue weighted by Gasteiger charge is -2.15. The van der Waals surface area contributed by atoms with E-state index in [0.29, 0.717) is 12.2 Å². The SMILES string of the molecule is CN(Cc1ccc(Br)s1)C(=O)Cc1csc(-c2cccc(F)c2)n1. The maximum absolute atomic E-state index is 13.3. The van der Waals surface area contributed by atoms with Crippen LogP contribution in [-0.2, 0) is 17.8 Å². The van der Waals surface area contributed by atoms with Crippen molar-refractivity contribution in [2.45, 2.75) is 13.0 Å². The number of thiophene rings is 1. The van der Waals surface area contributed by atoms with E-state index in [1.54, 1.807) is 29.4 Å². The normalized spacial score (nSPS) is 10.8. The fraction of sp³-hybridized carbons (Fsp3) is 0.176. The number of aromatic nitrogens is 1. The van der Waals surface area contributed by atoms with Gasteiger partial charge in [-0.3, -0.25) is 4.79 Å². The summed E-state index contributed by atoms with van der Waals surface area (Å²) in [5, 5.41) is 2.58. The molecule has 0 saturated heterocycles. The van der Waals surface area contributed by atoms with Gasteiger partial charge < -0.3 is 4.90 Å². The molecule has 2 aromatic heterocycles. The maximum Gasteiger partial charge on any atom is 0.228 e. The molecule has 7 heteroatoms. The molecule has 3 aromatic rings. The molecule has 1 amide bonds. The molecule has 1 aromatic carbocycles. The van der Waals surface area contributed by atoms with Crippen LogP contribution in [0.2, 0.25) is 0 Å². The largest absolute Gasteiger partial charge is 0.340 e. The summed E-state index contributed by atoms with van der Waals surface area (Å²) < 4.78 is 14.4. The lowest BCUT2D eigenvalue weighted by atomic mass is 10.2. The Hall–Kier alpha value is -1.57. The van der Waals surface area contributed by atoms with Gasteiger partial charge in [-0.05, 0) is 40.2 Å².